The largest absolute Gasteiger partial charge is 0.492 e. The Morgan fingerprint density at radius 3 is 2.76 bits per heavy atom. The van der Waals surface area contributed by atoms with Crippen molar-refractivity contribution in [1.29, 1.82) is 0 Å². The van der Waals surface area contributed by atoms with E-state index in [0.29, 0.717) is 17.6 Å². The van der Waals surface area contributed by atoms with E-state index >= 15 is 0 Å². The van der Waals surface area contributed by atoms with Crippen molar-refractivity contribution in [1.82, 2.24) is 0 Å². The number of halogens is 1. The normalized spacial score (nSPS) is 10.2. The highest BCUT2D eigenvalue weighted by Gasteiger charge is 2.08. The van der Waals surface area contributed by atoms with Crippen molar-refractivity contribution in [3.63, 3.8) is 0 Å². The summed E-state index contributed by atoms with van der Waals surface area (Å²) in [5.41, 5.74) is 2.25. The molecule has 0 bridgehead atoms. The van der Waals surface area contributed by atoms with Crippen molar-refractivity contribution in [2.24, 2.45) is 0 Å². The van der Waals surface area contributed by atoms with Crippen LogP contribution in [0.5, 0.6) is 5.75 Å². The van der Waals surface area contributed by atoms with Gasteiger partial charge in [-0.25, -0.2) is 4.79 Å². The van der Waals surface area contributed by atoms with Crippen LogP contribution in [0.25, 0.3) is 0 Å². The molecule has 2 rings (SSSR count). The van der Waals surface area contributed by atoms with Crippen molar-refractivity contribution >= 4 is 27.6 Å². The minimum absolute atomic E-state index is 0.247. The first-order valence-electron chi connectivity index (χ1n) is 6.52. The molecule has 0 aliphatic carbocycles. The molecule has 0 fully saturated rings. The van der Waals surface area contributed by atoms with Crippen molar-refractivity contribution < 1.29 is 14.6 Å². The van der Waals surface area contributed by atoms with Crippen LogP contribution < -0.4 is 10.1 Å². The van der Waals surface area contributed by atoms with Gasteiger partial charge >= 0.3 is 5.97 Å². The van der Waals surface area contributed by atoms with Gasteiger partial charge in [0.25, 0.3) is 0 Å². The monoisotopic (exact) mass is 349 g/mol. The standard InChI is InChI=1S/C16H16BrNO3/c1-11-3-2-4-13(9-11)21-8-7-18-12-5-6-14(16(19)20)15(17)10-12/h2-6,9-10,18H,7-8H2,1H3,(H,19,20). The zero-order chi connectivity index (χ0) is 15.2. The maximum absolute atomic E-state index is 10.9. The molecule has 0 heterocycles. The van der Waals surface area contributed by atoms with E-state index in [1.807, 2.05) is 31.2 Å². The molecule has 5 heteroatoms. The number of carbonyl (C=O) groups is 1. The SMILES string of the molecule is Cc1cccc(OCCNc2ccc(C(=O)O)c(Br)c2)c1. The number of aromatic carboxylic acids is 1. The summed E-state index contributed by atoms with van der Waals surface area (Å²) < 4.78 is 6.19. The van der Waals surface area contributed by atoms with Gasteiger partial charge in [0.15, 0.2) is 0 Å². The maximum atomic E-state index is 10.9. The number of benzene rings is 2. The fourth-order valence-electron chi connectivity index (χ4n) is 1.87. The molecule has 0 atom stereocenters. The molecule has 0 unspecified atom stereocenters. The minimum atomic E-state index is -0.948. The van der Waals surface area contributed by atoms with Gasteiger partial charge < -0.3 is 15.2 Å². The summed E-state index contributed by atoms with van der Waals surface area (Å²) in [5, 5.41) is 12.1. The highest BCUT2D eigenvalue weighted by molar-refractivity contribution is 9.10. The number of hydrogen-bond acceptors (Lipinski definition) is 3. The molecular formula is C16H16BrNO3. The number of hydrogen-bond donors (Lipinski definition) is 2. The van der Waals surface area contributed by atoms with Crippen LogP contribution in [0.1, 0.15) is 15.9 Å². The summed E-state index contributed by atoms with van der Waals surface area (Å²) >= 11 is 3.25. The smallest absolute Gasteiger partial charge is 0.336 e. The number of aryl methyl sites for hydroxylation is 1. The van der Waals surface area contributed by atoms with Crippen LogP contribution in [-0.4, -0.2) is 24.2 Å². The molecule has 0 saturated carbocycles. The van der Waals surface area contributed by atoms with Crippen molar-refractivity contribution in [3.8, 4) is 5.75 Å². The van der Waals surface area contributed by atoms with Gasteiger partial charge in [0, 0.05) is 16.7 Å². The fourth-order valence-corrected chi connectivity index (χ4v) is 2.42. The zero-order valence-electron chi connectivity index (χ0n) is 11.6. The summed E-state index contributed by atoms with van der Waals surface area (Å²) in [6.07, 6.45) is 0. The number of carboxylic acids is 1. The molecule has 4 nitrogen and oxygen atoms in total. The van der Waals surface area contributed by atoms with Crippen molar-refractivity contribution in [2.45, 2.75) is 6.92 Å². The summed E-state index contributed by atoms with van der Waals surface area (Å²) in [7, 11) is 0. The van der Waals surface area contributed by atoms with Gasteiger partial charge in [0.05, 0.1) is 5.56 Å². The Balaban J connectivity index is 1.84. The van der Waals surface area contributed by atoms with Gasteiger partial charge in [-0.15, -0.1) is 0 Å². The molecule has 0 aliphatic heterocycles. The second kappa shape index (κ2) is 7.13. The summed E-state index contributed by atoms with van der Waals surface area (Å²) in [4.78, 5) is 10.9. The highest BCUT2D eigenvalue weighted by atomic mass is 79.9. The van der Waals surface area contributed by atoms with E-state index in [1.165, 1.54) is 0 Å². The third-order valence-corrected chi connectivity index (χ3v) is 3.55. The van der Waals surface area contributed by atoms with Crippen LogP contribution >= 0.6 is 15.9 Å². The van der Waals surface area contributed by atoms with Crippen LogP contribution in [0, 0.1) is 6.92 Å². The molecule has 2 aromatic carbocycles. The lowest BCUT2D eigenvalue weighted by Gasteiger charge is -2.10. The lowest BCUT2D eigenvalue weighted by atomic mass is 10.2. The van der Waals surface area contributed by atoms with Crippen LogP contribution in [-0.2, 0) is 0 Å². The quantitative estimate of drug-likeness (QED) is 0.775. The van der Waals surface area contributed by atoms with E-state index in [-0.39, 0.29) is 5.56 Å². The van der Waals surface area contributed by atoms with Gasteiger partial charge in [0.2, 0.25) is 0 Å². The van der Waals surface area contributed by atoms with Gasteiger partial charge in [0.1, 0.15) is 12.4 Å². The first-order valence-corrected chi connectivity index (χ1v) is 7.32. The molecule has 0 spiro atoms. The Kier molecular flexibility index (Phi) is 5.22. The molecule has 0 radical (unpaired) electrons. The van der Waals surface area contributed by atoms with Crippen molar-refractivity contribution in [3.05, 3.63) is 58.1 Å². The predicted octanol–water partition coefficient (Wildman–Crippen LogP) is 3.95. The van der Waals surface area contributed by atoms with E-state index in [0.717, 1.165) is 17.0 Å². The Morgan fingerprint density at radius 1 is 1.29 bits per heavy atom. The first-order chi connectivity index (χ1) is 10.1. The molecule has 21 heavy (non-hydrogen) atoms. The Bertz CT molecular complexity index is 643. The van der Waals surface area contributed by atoms with Gasteiger partial charge in [-0.2, -0.15) is 0 Å². The van der Waals surface area contributed by atoms with E-state index in [4.69, 9.17) is 9.84 Å². The number of ether oxygens (including phenoxy) is 1. The number of anilines is 1. The topological polar surface area (TPSA) is 58.6 Å². The average molecular weight is 350 g/mol. The van der Waals surface area contributed by atoms with Gasteiger partial charge in [-0.1, -0.05) is 12.1 Å². The van der Waals surface area contributed by atoms with Crippen LogP contribution in [0.4, 0.5) is 5.69 Å². The lowest BCUT2D eigenvalue weighted by Crippen LogP contribution is -2.11. The van der Waals surface area contributed by atoms with E-state index in [2.05, 4.69) is 21.2 Å². The zero-order valence-corrected chi connectivity index (χ0v) is 13.2. The summed E-state index contributed by atoms with van der Waals surface area (Å²) in [5.74, 6) is -0.101. The van der Waals surface area contributed by atoms with E-state index in [1.54, 1.807) is 18.2 Å². The number of carboxylic acid groups (broad SMARTS) is 1. The average Bonchev–Trinajstić information content (AvgIpc) is 2.43. The van der Waals surface area contributed by atoms with Gasteiger partial charge in [-0.05, 0) is 58.7 Å². The van der Waals surface area contributed by atoms with Gasteiger partial charge in [-0.3, -0.25) is 0 Å². The van der Waals surface area contributed by atoms with E-state index in [9.17, 15) is 4.79 Å². The van der Waals surface area contributed by atoms with E-state index < -0.39 is 5.97 Å². The summed E-state index contributed by atoms with van der Waals surface area (Å²) in [6.45, 7) is 3.18. The second-order valence-corrected chi connectivity index (χ2v) is 5.45. The molecule has 0 aromatic heterocycles. The maximum Gasteiger partial charge on any atom is 0.336 e. The second-order valence-electron chi connectivity index (χ2n) is 4.59. The molecular weight excluding hydrogens is 334 g/mol. The van der Waals surface area contributed by atoms with Crippen LogP contribution in [0.2, 0.25) is 0 Å². The lowest BCUT2D eigenvalue weighted by molar-refractivity contribution is 0.0696. The Labute approximate surface area is 131 Å². The summed E-state index contributed by atoms with van der Waals surface area (Å²) in [6, 6.07) is 12.9. The molecule has 2 N–H and O–H groups in total. The third-order valence-electron chi connectivity index (χ3n) is 2.89. The minimum Gasteiger partial charge on any atom is -0.492 e. The number of rotatable bonds is 6. The first kappa shape index (κ1) is 15.4. The Morgan fingerprint density at radius 2 is 2.10 bits per heavy atom. The third kappa shape index (κ3) is 4.49. The van der Waals surface area contributed by atoms with Crippen LogP contribution in [0.15, 0.2) is 46.9 Å². The highest BCUT2D eigenvalue weighted by Crippen LogP contribution is 2.21. The van der Waals surface area contributed by atoms with Crippen LogP contribution in [0.3, 0.4) is 0 Å². The van der Waals surface area contributed by atoms with Crippen molar-refractivity contribution in [2.75, 3.05) is 18.5 Å². The fraction of sp³-hybridized carbons (Fsp3) is 0.188. The number of nitrogens with one attached hydrogen (secondary N) is 1. The Hall–Kier alpha value is -2.01. The molecule has 2 aromatic rings. The molecule has 0 amide bonds. The predicted molar refractivity (Wildman–Crippen MR) is 86.3 cm³/mol. The molecule has 0 saturated heterocycles. The molecule has 110 valence electrons. The molecule has 0 aliphatic rings.